The van der Waals surface area contributed by atoms with Crippen molar-refractivity contribution in [2.45, 2.75) is 0 Å². The van der Waals surface area contributed by atoms with Crippen molar-refractivity contribution >= 4 is 11.5 Å². The zero-order chi connectivity index (χ0) is 11.3. The molecule has 0 heterocycles. The van der Waals surface area contributed by atoms with Gasteiger partial charge in [0.2, 0.25) is 0 Å². The van der Waals surface area contributed by atoms with Crippen LogP contribution in [0.3, 0.4) is 0 Å². The van der Waals surface area contributed by atoms with Crippen LogP contribution in [0.5, 0.6) is 5.75 Å². The molecule has 1 aromatic carbocycles. The second-order valence-electron chi connectivity index (χ2n) is 2.70. The van der Waals surface area contributed by atoms with Crippen LogP contribution >= 0.6 is 0 Å². The van der Waals surface area contributed by atoms with Crippen LogP contribution in [0.4, 0.5) is 5.69 Å². The third kappa shape index (κ3) is 2.43. The third-order valence-electron chi connectivity index (χ3n) is 1.75. The van der Waals surface area contributed by atoms with Crippen LogP contribution in [-0.4, -0.2) is 20.0 Å². The van der Waals surface area contributed by atoms with E-state index in [1.54, 1.807) is 25.2 Å². The van der Waals surface area contributed by atoms with Gasteiger partial charge >= 0.3 is 0 Å². The summed E-state index contributed by atoms with van der Waals surface area (Å²) in [6.07, 6.45) is 0. The Morgan fingerprint density at radius 3 is 2.87 bits per heavy atom. The molecule has 0 atom stereocenters. The fourth-order valence-electron chi connectivity index (χ4n) is 1.12. The maximum absolute atomic E-state index is 7.64. The lowest BCUT2D eigenvalue weighted by molar-refractivity contribution is 0.416. The Balaban J connectivity index is 3.08. The lowest BCUT2D eigenvalue weighted by Gasteiger charge is -2.08. The molecule has 15 heavy (non-hydrogen) atoms. The second-order valence-corrected chi connectivity index (χ2v) is 2.70. The Bertz CT molecular complexity index is 388. The summed E-state index contributed by atoms with van der Waals surface area (Å²) < 4.78 is 5.09. The first-order valence-electron chi connectivity index (χ1n) is 4.29. The summed E-state index contributed by atoms with van der Waals surface area (Å²) in [5, 5.41) is 14.8. The van der Waals surface area contributed by atoms with E-state index in [1.807, 2.05) is 0 Å². The number of rotatable bonds is 3. The Kier molecular flexibility index (Phi) is 3.61. The highest BCUT2D eigenvalue weighted by atomic mass is 16.5. The third-order valence-corrected chi connectivity index (χ3v) is 1.75. The summed E-state index contributed by atoms with van der Waals surface area (Å²) >= 11 is 0. The van der Waals surface area contributed by atoms with Crippen LogP contribution in [0, 0.1) is 5.41 Å². The number of methoxy groups -OCH3 is 1. The van der Waals surface area contributed by atoms with Crippen molar-refractivity contribution in [3.8, 4) is 5.75 Å². The molecular weight excluding hydrogens is 194 g/mol. The zero-order valence-corrected chi connectivity index (χ0v) is 8.61. The molecule has 80 valence electrons. The van der Waals surface area contributed by atoms with Crippen LogP contribution in [-0.2, 0) is 0 Å². The van der Waals surface area contributed by atoms with Gasteiger partial charge in [-0.1, -0.05) is 11.3 Å². The first-order chi connectivity index (χ1) is 7.20. The maximum atomic E-state index is 7.64. The number of nitrogens with zero attached hydrogens (tertiary/aromatic N) is 2. The summed E-state index contributed by atoms with van der Waals surface area (Å²) in [5.74, 6) is 0.436. The molecule has 0 fully saturated rings. The van der Waals surface area contributed by atoms with Crippen molar-refractivity contribution < 1.29 is 4.74 Å². The smallest absolute Gasteiger partial charge is 0.179 e. The summed E-state index contributed by atoms with van der Waals surface area (Å²) in [6, 6.07) is 5.13. The molecule has 1 aromatic rings. The van der Waals surface area contributed by atoms with E-state index in [1.165, 1.54) is 7.11 Å². The van der Waals surface area contributed by atoms with E-state index in [4.69, 9.17) is 15.9 Å². The molecule has 4 N–H and O–H groups in total. The molecule has 0 spiro atoms. The van der Waals surface area contributed by atoms with E-state index in [9.17, 15) is 0 Å². The molecule has 0 aliphatic rings. The Hall–Kier alpha value is -2.11. The van der Waals surface area contributed by atoms with Gasteiger partial charge in [-0.25, -0.2) is 0 Å². The molecule has 0 saturated heterocycles. The van der Waals surface area contributed by atoms with E-state index in [0.717, 1.165) is 0 Å². The highest BCUT2D eigenvalue weighted by molar-refractivity contribution is 6.00. The van der Waals surface area contributed by atoms with E-state index in [-0.39, 0.29) is 5.84 Å². The number of para-hydroxylation sites is 1. The van der Waals surface area contributed by atoms with Crippen LogP contribution in [0.15, 0.2) is 28.5 Å². The van der Waals surface area contributed by atoms with Crippen LogP contribution in [0.25, 0.3) is 0 Å². The monoisotopic (exact) mass is 207 g/mol. The summed E-state index contributed by atoms with van der Waals surface area (Å²) in [6.45, 7) is 0. The van der Waals surface area contributed by atoms with Gasteiger partial charge in [0.15, 0.2) is 11.6 Å². The first kappa shape index (κ1) is 11.0. The molecular formula is C9H13N5O. The molecule has 1 rings (SSSR count). The van der Waals surface area contributed by atoms with Crippen molar-refractivity contribution in [2.75, 3.05) is 19.9 Å². The van der Waals surface area contributed by atoms with E-state index < -0.39 is 0 Å². The Morgan fingerprint density at radius 2 is 2.27 bits per heavy atom. The van der Waals surface area contributed by atoms with Gasteiger partial charge in [0.1, 0.15) is 0 Å². The lowest BCUT2D eigenvalue weighted by Crippen LogP contribution is -2.03. The SMILES string of the molecule is CN/N=N\C(=N)c1cccc(N)c1OC. The molecule has 0 bridgehead atoms. The predicted octanol–water partition coefficient (Wildman–Crippen LogP) is 1.19. The number of anilines is 1. The molecule has 0 aromatic heterocycles. The van der Waals surface area contributed by atoms with Gasteiger partial charge in [0.25, 0.3) is 0 Å². The van der Waals surface area contributed by atoms with Gasteiger partial charge in [0, 0.05) is 7.05 Å². The Labute approximate surface area is 87.6 Å². The van der Waals surface area contributed by atoms with E-state index in [2.05, 4.69) is 15.8 Å². The number of ether oxygens (including phenoxy) is 1. The molecule has 6 nitrogen and oxygen atoms in total. The molecule has 0 saturated carbocycles. The first-order valence-corrected chi connectivity index (χ1v) is 4.29. The highest BCUT2D eigenvalue weighted by Gasteiger charge is 2.10. The summed E-state index contributed by atoms with van der Waals surface area (Å²) in [7, 11) is 3.10. The number of nitrogens with one attached hydrogen (secondary N) is 2. The molecule has 0 unspecified atom stereocenters. The molecule has 0 aliphatic carbocycles. The minimum absolute atomic E-state index is 0.00602. The summed E-state index contributed by atoms with van der Waals surface area (Å²) in [4.78, 5) is 0. The van der Waals surface area contributed by atoms with Crippen LogP contribution < -0.4 is 15.9 Å². The quantitative estimate of drug-likeness (QED) is 0.228. The zero-order valence-electron chi connectivity index (χ0n) is 8.61. The normalized spacial score (nSPS) is 10.3. The summed E-state index contributed by atoms with van der Waals surface area (Å²) in [5.41, 5.74) is 9.14. The minimum Gasteiger partial charge on any atom is -0.494 e. The Morgan fingerprint density at radius 1 is 1.53 bits per heavy atom. The number of nitrogens with two attached hydrogens (primary N) is 1. The molecule has 0 amide bonds. The second kappa shape index (κ2) is 4.94. The van der Waals surface area contributed by atoms with Gasteiger partial charge < -0.3 is 10.5 Å². The minimum atomic E-state index is -0.00602. The predicted molar refractivity (Wildman–Crippen MR) is 58.2 cm³/mol. The van der Waals surface area contributed by atoms with Gasteiger partial charge in [0.05, 0.1) is 18.4 Å². The van der Waals surface area contributed by atoms with E-state index in [0.29, 0.717) is 17.0 Å². The number of hydrogen-bond donors (Lipinski definition) is 3. The fourth-order valence-corrected chi connectivity index (χ4v) is 1.12. The van der Waals surface area contributed by atoms with Gasteiger partial charge in [-0.2, -0.15) is 0 Å². The van der Waals surface area contributed by atoms with Crippen molar-refractivity contribution in [1.82, 2.24) is 5.43 Å². The average molecular weight is 207 g/mol. The van der Waals surface area contributed by atoms with Gasteiger partial charge in [-0.15, -0.1) is 5.11 Å². The number of amidine groups is 1. The van der Waals surface area contributed by atoms with Crippen molar-refractivity contribution in [1.29, 1.82) is 5.41 Å². The fraction of sp³-hybridized carbons (Fsp3) is 0.222. The standard InChI is InChI=1S/C9H13N5O/c1-12-14-13-9(11)6-4-3-5-7(10)8(6)15-2/h3-5H,10H2,1-2H3,(H2,11,12,13). The number of benzene rings is 1. The largest absolute Gasteiger partial charge is 0.494 e. The highest BCUT2D eigenvalue weighted by Crippen LogP contribution is 2.26. The average Bonchev–Trinajstić information content (AvgIpc) is 2.25. The topological polar surface area (TPSA) is 95.9 Å². The van der Waals surface area contributed by atoms with Crippen molar-refractivity contribution in [2.24, 2.45) is 10.3 Å². The van der Waals surface area contributed by atoms with Crippen molar-refractivity contribution in [3.05, 3.63) is 23.8 Å². The van der Waals surface area contributed by atoms with Gasteiger partial charge in [-0.3, -0.25) is 10.8 Å². The van der Waals surface area contributed by atoms with Crippen molar-refractivity contribution in [3.63, 3.8) is 0 Å². The molecule has 0 radical (unpaired) electrons. The van der Waals surface area contributed by atoms with Gasteiger partial charge in [-0.05, 0) is 12.1 Å². The number of nitrogen functional groups attached to an aromatic ring is 1. The lowest BCUT2D eigenvalue weighted by atomic mass is 10.1. The molecule has 0 aliphatic heterocycles. The molecule has 6 heteroatoms. The van der Waals surface area contributed by atoms with Crippen LogP contribution in [0.1, 0.15) is 5.56 Å². The van der Waals surface area contributed by atoms with Crippen LogP contribution in [0.2, 0.25) is 0 Å². The number of hydrogen-bond acceptors (Lipinski definition) is 4. The van der Waals surface area contributed by atoms with E-state index >= 15 is 0 Å². The maximum Gasteiger partial charge on any atom is 0.179 e.